The number of carbonyl (C=O) groups is 1. The first-order chi connectivity index (χ1) is 13.6. The summed E-state index contributed by atoms with van der Waals surface area (Å²) in [6.07, 6.45) is 1.68. The molecule has 1 aliphatic heterocycles. The number of hydrogen-bond acceptors (Lipinski definition) is 4. The quantitative estimate of drug-likeness (QED) is 0.754. The Hall–Kier alpha value is -2.60. The fraction of sp³-hybridized carbons (Fsp3) is 0.409. The molecule has 1 N–H and O–H groups in total. The Balaban J connectivity index is 1.61. The molecule has 1 heterocycles. The molecule has 2 aromatic rings. The maximum atomic E-state index is 13.0. The lowest BCUT2D eigenvalue weighted by atomic mass is 10.1. The number of nitrogens with one attached hydrogen (secondary N) is 1. The van der Waals surface area contributed by atoms with E-state index in [1.54, 1.807) is 14.0 Å². The van der Waals surface area contributed by atoms with E-state index in [-0.39, 0.29) is 17.8 Å². The maximum Gasteiger partial charge on any atom is 0.260 e. The van der Waals surface area contributed by atoms with E-state index in [1.165, 1.54) is 37.1 Å². The minimum absolute atomic E-state index is 0.107. The molecule has 150 valence electrons. The summed E-state index contributed by atoms with van der Waals surface area (Å²) >= 11 is 0. The second-order valence-corrected chi connectivity index (χ2v) is 6.99. The van der Waals surface area contributed by atoms with Crippen molar-refractivity contribution in [3.8, 4) is 11.5 Å². The Labute approximate surface area is 165 Å². The highest BCUT2D eigenvalue weighted by Crippen LogP contribution is 2.26. The predicted molar refractivity (Wildman–Crippen MR) is 106 cm³/mol. The number of likely N-dealkylation sites (tertiary alicyclic amines) is 1. The van der Waals surface area contributed by atoms with Crippen LogP contribution in [-0.2, 0) is 4.79 Å². The van der Waals surface area contributed by atoms with Gasteiger partial charge in [-0.1, -0.05) is 12.1 Å². The van der Waals surface area contributed by atoms with Crippen molar-refractivity contribution >= 4 is 5.91 Å². The van der Waals surface area contributed by atoms with E-state index in [9.17, 15) is 9.18 Å². The summed E-state index contributed by atoms with van der Waals surface area (Å²) in [6.45, 7) is 4.24. The molecule has 1 aliphatic rings. The Morgan fingerprint density at radius 3 is 2.29 bits per heavy atom. The third-order valence-electron chi connectivity index (χ3n) is 5.05. The van der Waals surface area contributed by atoms with Gasteiger partial charge >= 0.3 is 0 Å². The summed E-state index contributed by atoms with van der Waals surface area (Å²) in [5.74, 6) is 0.754. The number of amides is 1. The molecule has 1 fully saturated rings. The Morgan fingerprint density at radius 1 is 1.07 bits per heavy atom. The summed E-state index contributed by atoms with van der Waals surface area (Å²) in [6, 6.07) is 13.8. The van der Waals surface area contributed by atoms with E-state index in [4.69, 9.17) is 9.47 Å². The van der Waals surface area contributed by atoms with Crippen LogP contribution in [0.3, 0.4) is 0 Å². The SMILES string of the molecule is COc1ccc([C@H](CNC(=O)[C@H](C)Oc2ccc(F)cc2)N2CCCC2)cc1. The van der Waals surface area contributed by atoms with Gasteiger partial charge in [0.15, 0.2) is 6.10 Å². The standard InChI is InChI=1S/C22H27FN2O3/c1-16(28-20-11-7-18(23)8-12-20)22(26)24-15-21(25-13-3-4-14-25)17-5-9-19(27-2)10-6-17/h5-12,16,21H,3-4,13-15H2,1-2H3,(H,24,26)/t16-,21-/m0/s1. The fourth-order valence-electron chi connectivity index (χ4n) is 3.45. The van der Waals surface area contributed by atoms with Crippen LogP contribution in [0.5, 0.6) is 11.5 Å². The van der Waals surface area contributed by atoms with Crippen molar-refractivity contribution in [2.45, 2.75) is 31.9 Å². The predicted octanol–water partition coefficient (Wildman–Crippen LogP) is 3.55. The number of halogens is 1. The third kappa shape index (κ3) is 5.23. The number of hydrogen-bond donors (Lipinski definition) is 1. The molecule has 0 saturated carbocycles. The van der Waals surface area contributed by atoms with Gasteiger partial charge in [-0.25, -0.2) is 4.39 Å². The molecule has 0 radical (unpaired) electrons. The van der Waals surface area contributed by atoms with Gasteiger partial charge in [-0.15, -0.1) is 0 Å². The zero-order valence-corrected chi connectivity index (χ0v) is 16.4. The van der Waals surface area contributed by atoms with Crippen LogP contribution in [0.4, 0.5) is 4.39 Å². The van der Waals surface area contributed by atoms with Crippen LogP contribution in [0.25, 0.3) is 0 Å². The van der Waals surface area contributed by atoms with E-state index < -0.39 is 6.10 Å². The van der Waals surface area contributed by atoms with E-state index in [0.29, 0.717) is 12.3 Å². The van der Waals surface area contributed by atoms with E-state index in [1.807, 2.05) is 24.3 Å². The zero-order chi connectivity index (χ0) is 19.9. The van der Waals surface area contributed by atoms with Crippen molar-refractivity contribution in [1.29, 1.82) is 0 Å². The number of rotatable bonds is 8. The number of ether oxygens (including phenoxy) is 2. The monoisotopic (exact) mass is 386 g/mol. The van der Waals surface area contributed by atoms with Crippen molar-refractivity contribution in [3.63, 3.8) is 0 Å². The van der Waals surface area contributed by atoms with Gasteiger partial charge in [-0.3, -0.25) is 9.69 Å². The second kappa shape index (κ2) is 9.55. The molecule has 28 heavy (non-hydrogen) atoms. The summed E-state index contributed by atoms with van der Waals surface area (Å²) < 4.78 is 23.9. The third-order valence-corrected chi connectivity index (χ3v) is 5.05. The molecule has 1 saturated heterocycles. The number of methoxy groups -OCH3 is 1. The molecule has 1 amide bonds. The van der Waals surface area contributed by atoms with Gasteiger partial charge < -0.3 is 14.8 Å². The Bertz CT molecular complexity index is 758. The number of carbonyl (C=O) groups excluding carboxylic acids is 1. The van der Waals surface area contributed by atoms with Gasteiger partial charge in [0.25, 0.3) is 5.91 Å². The fourth-order valence-corrected chi connectivity index (χ4v) is 3.45. The van der Waals surface area contributed by atoms with Crippen molar-refractivity contribution < 1.29 is 18.7 Å². The molecule has 0 bridgehead atoms. The average molecular weight is 386 g/mol. The molecule has 0 aromatic heterocycles. The van der Waals surface area contributed by atoms with Gasteiger partial charge in [-0.05, 0) is 74.8 Å². The van der Waals surface area contributed by atoms with Gasteiger partial charge in [0.2, 0.25) is 0 Å². The van der Waals surface area contributed by atoms with Crippen molar-refractivity contribution in [3.05, 3.63) is 59.9 Å². The molecule has 3 rings (SSSR count). The van der Waals surface area contributed by atoms with Crippen molar-refractivity contribution in [2.75, 3.05) is 26.7 Å². The number of nitrogens with zero attached hydrogens (tertiary/aromatic N) is 1. The van der Waals surface area contributed by atoms with Crippen LogP contribution in [0.15, 0.2) is 48.5 Å². The molecule has 2 atom stereocenters. The van der Waals surface area contributed by atoms with Crippen LogP contribution >= 0.6 is 0 Å². The first-order valence-electron chi connectivity index (χ1n) is 9.65. The molecule has 0 aliphatic carbocycles. The molecule has 0 unspecified atom stereocenters. The normalized spacial score (nSPS) is 16.4. The van der Waals surface area contributed by atoms with E-state index in [2.05, 4.69) is 10.2 Å². The summed E-state index contributed by atoms with van der Waals surface area (Å²) in [5, 5.41) is 3.01. The largest absolute Gasteiger partial charge is 0.497 e. The van der Waals surface area contributed by atoms with Crippen molar-refractivity contribution in [1.82, 2.24) is 10.2 Å². The van der Waals surface area contributed by atoms with Gasteiger partial charge in [0, 0.05) is 6.54 Å². The summed E-state index contributed by atoms with van der Waals surface area (Å²) in [5.41, 5.74) is 1.15. The van der Waals surface area contributed by atoms with E-state index >= 15 is 0 Å². The summed E-state index contributed by atoms with van der Waals surface area (Å²) in [4.78, 5) is 14.9. The average Bonchev–Trinajstić information content (AvgIpc) is 3.24. The molecule has 5 nitrogen and oxygen atoms in total. The van der Waals surface area contributed by atoms with Crippen LogP contribution in [0.2, 0.25) is 0 Å². The van der Waals surface area contributed by atoms with Gasteiger partial charge in [-0.2, -0.15) is 0 Å². The van der Waals surface area contributed by atoms with Crippen LogP contribution in [0.1, 0.15) is 31.4 Å². The smallest absolute Gasteiger partial charge is 0.260 e. The molecule has 2 aromatic carbocycles. The van der Waals surface area contributed by atoms with Crippen molar-refractivity contribution in [2.24, 2.45) is 0 Å². The highest BCUT2D eigenvalue weighted by molar-refractivity contribution is 5.80. The van der Waals surface area contributed by atoms with Gasteiger partial charge in [0.05, 0.1) is 13.2 Å². The topological polar surface area (TPSA) is 50.8 Å². The highest BCUT2D eigenvalue weighted by Gasteiger charge is 2.25. The van der Waals surface area contributed by atoms with Crippen LogP contribution in [0, 0.1) is 5.82 Å². The second-order valence-electron chi connectivity index (χ2n) is 6.99. The van der Waals surface area contributed by atoms with E-state index in [0.717, 1.165) is 24.4 Å². The summed E-state index contributed by atoms with van der Waals surface area (Å²) in [7, 11) is 1.65. The first kappa shape index (κ1) is 20.1. The minimum atomic E-state index is -0.666. The Kier molecular flexibility index (Phi) is 6.87. The highest BCUT2D eigenvalue weighted by atomic mass is 19.1. The number of benzene rings is 2. The molecular weight excluding hydrogens is 359 g/mol. The lowest BCUT2D eigenvalue weighted by Crippen LogP contribution is -2.42. The zero-order valence-electron chi connectivity index (χ0n) is 16.4. The molecule has 0 spiro atoms. The molecular formula is C22H27FN2O3. The first-order valence-corrected chi connectivity index (χ1v) is 9.65. The lowest BCUT2D eigenvalue weighted by Gasteiger charge is -2.29. The van der Waals surface area contributed by atoms with Crippen LogP contribution in [-0.4, -0.2) is 43.7 Å². The lowest BCUT2D eigenvalue weighted by molar-refractivity contribution is -0.127. The molecule has 6 heteroatoms. The Morgan fingerprint density at radius 2 is 1.68 bits per heavy atom. The minimum Gasteiger partial charge on any atom is -0.497 e. The van der Waals surface area contributed by atoms with Crippen LogP contribution < -0.4 is 14.8 Å². The maximum absolute atomic E-state index is 13.0. The van der Waals surface area contributed by atoms with Gasteiger partial charge in [0.1, 0.15) is 17.3 Å².